The minimum absolute atomic E-state index is 0.0448. The molecule has 0 aromatic rings. The van der Waals surface area contributed by atoms with Crippen LogP contribution < -0.4 is 5.32 Å². The molecule has 1 N–H and O–H groups in total. The van der Waals surface area contributed by atoms with Gasteiger partial charge in [-0.25, -0.2) is 4.79 Å². The topological polar surface area (TPSA) is 64.6 Å². The van der Waals surface area contributed by atoms with Gasteiger partial charge in [0, 0.05) is 18.8 Å². The van der Waals surface area contributed by atoms with Crippen LogP contribution in [0.2, 0.25) is 0 Å². The highest BCUT2D eigenvalue weighted by atomic mass is 16.5. The lowest BCUT2D eigenvalue weighted by Crippen LogP contribution is -2.15. The molecule has 0 saturated carbocycles. The van der Waals surface area contributed by atoms with Crippen LogP contribution in [0.4, 0.5) is 0 Å². The molecule has 0 aliphatic rings. The zero-order valence-corrected chi connectivity index (χ0v) is 9.33. The molecule has 0 heterocycles. The van der Waals surface area contributed by atoms with Gasteiger partial charge in [0.25, 0.3) is 0 Å². The van der Waals surface area contributed by atoms with Crippen LogP contribution in [0.5, 0.6) is 0 Å². The molecule has 0 radical (unpaired) electrons. The first kappa shape index (κ1) is 13.5. The Morgan fingerprint density at radius 2 is 1.80 bits per heavy atom. The van der Waals surface area contributed by atoms with Gasteiger partial charge in [0.2, 0.25) is 0 Å². The molecule has 0 atom stereocenters. The molecule has 5 nitrogen and oxygen atoms in total. The minimum Gasteiger partial charge on any atom is -0.466 e. The quantitative estimate of drug-likeness (QED) is 0.519. The molecule has 0 aromatic heterocycles. The summed E-state index contributed by atoms with van der Waals surface area (Å²) in [6.45, 7) is 4.09. The predicted octanol–water partition coefficient (Wildman–Crippen LogP) is 0.606. The van der Waals surface area contributed by atoms with Gasteiger partial charge >= 0.3 is 11.9 Å². The van der Waals surface area contributed by atoms with Crippen LogP contribution in [0.1, 0.15) is 20.3 Å². The van der Waals surface area contributed by atoms with Crippen LogP contribution in [0.3, 0.4) is 0 Å². The Morgan fingerprint density at radius 3 is 2.27 bits per heavy atom. The molecule has 0 unspecified atom stereocenters. The lowest BCUT2D eigenvalue weighted by molar-refractivity contribution is -0.142. The molecule has 0 saturated heterocycles. The number of esters is 2. The summed E-state index contributed by atoms with van der Waals surface area (Å²) in [5, 5.41) is 2.74. The number of nitrogens with one attached hydrogen (secondary N) is 1. The van der Waals surface area contributed by atoms with E-state index in [4.69, 9.17) is 9.47 Å². The lowest BCUT2D eigenvalue weighted by atomic mass is 10.3. The minimum atomic E-state index is -0.467. The number of carbonyl (C=O) groups excluding carboxylic acids is 2. The van der Waals surface area contributed by atoms with Crippen LogP contribution in [0.25, 0.3) is 0 Å². The third-order valence-electron chi connectivity index (χ3n) is 1.54. The average Bonchev–Trinajstić information content (AvgIpc) is 2.17. The Balaban J connectivity index is 4.22. The third kappa shape index (κ3) is 6.54. The molecule has 0 fully saturated rings. The smallest absolute Gasteiger partial charge is 0.332 e. The molecule has 5 heteroatoms. The summed E-state index contributed by atoms with van der Waals surface area (Å²) in [6, 6.07) is 0. The van der Waals surface area contributed by atoms with Gasteiger partial charge in [0.1, 0.15) is 0 Å². The molecule has 86 valence electrons. The molecule has 15 heavy (non-hydrogen) atoms. The second-order valence-corrected chi connectivity index (χ2v) is 2.65. The van der Waals surface area contributed by atoms with E-state index in [1.165, 1.54) is 6.08 Å². The predicted molar refractivity (Wildman–Crippen MR) is 55.0 cm³/mol. The van der Waals surface area contributed by atoms with Crippen molar-refractivity contribution in [2.45, 2.75) is 20.3 Å². The Morgan fingerprint density at radius 1 is 1.20 bits per heavy atom. The summed E-state index contributed by atoms with van der Waals surface area (Å²) >= 11 is 0. The van der Waals surface area contributed by atoms with Crippen molar-refractivity contribution in [3.8, 4) is 0 Å². The Labute approximate surface area is 89.4 Å². The van der Waals surface area contributed by atoms with Crippen LogP contribution >= 0.6 is 0 Å². The summed E-state index contributed by atoms with van der Waals surface area (Å²) < 4.78 is 9.45. The summed E-state index contributed by atoms with van der Waals surface area (Å²) in [6.07, 6.45) is 1.30. The van der Waals surface area contributed by atoms with Gasteiger partial charge < -0.3 is 14.8 Å². The van der Waals surface area contributed by atoms with Crippen LogP contribution in [0, 0.1) is 0 Å². The zero-order chi connectivity index (χ0) is 11.7. The van der Waals surface area contributed by atoms with Crippen LogP contribution in [0.15, 0.2) is 11.8 Å². The highest BCUT2D eigenvalue weighted by Gasteiger charge is 2.07. The summed E-state index contributed by atoms with van der Waals surface area (Å²) in [4.78, 5) is 22.2. The number of ether oxygens (including phenoxy) is 2. The van der Waals surface area contributed by atoms with Gasteiger partial charge in [0.05, 0.1) is 19.6 Å². The van der Waals surface area contributed by atoms with E-state index in [1.807, 2.05) is 0 Å². The maximum Gasteiger partial charge on any atom is 0.332 e. The van der Waals surface area contributed by atoms with Crippen molar-refractivity contribution >= 4 is 11.9 Å². The van der Waals surface area contributed by atoms with Crippen molar-refractivity contribution in [3.63, 3.8) is 0 Å². The van der Waals surface area contributed by atoms with Gasteiger partial charge in [0.15, 0.2) is 0 Å². The fourth-order valence-electron chi connectivity index (χ4n) is 0.905. The third-order valence-corrected chi connectivity index (χ3v) is 1.54. The summed E-state index contributed by atoms with van der Waals surface area (Å²) in [5.74, 6) is -0.839. The molecular formula is C10H17NO4. The average molecular weight is 215 g/mol. The van der Waals surface area contributed by atoms with E-state index < -0.39 is 5.97 Å². The highest BCUT2D eigenvalue weighted by Crippen LogP contribution is 1.99. The Kier molecular flexibility index (Phi) is 7.05. The molecule has 0 aliphatic carbocycles. The normalized spacial score (nSPS) is 10.7. The number of rotatable bonds is 6. The molecule has 0 aliphatic heterocycles. The van der Waals surface area contributed by atoms with E-state index in [-0.39, 0.29) is 12.4 Å². The van der Waals surface area contributed by atoms with Crippen molar-refractivity contribution in [2.75, 3.05) is 20.3 Å². The van der Waals surface area contributed by atoms with Gasteiger partial charge in [-0.3, -0.25) is 4.79 Å². The first-order valence-electron chi connectivity index (χ1n) is 4.84. The molecule has 0 rings (SSSR count). The van der Waals surface area contributed by atoms with E-state index in [0.717, 1.165) is 0 Å². The van der Waals surface area contributed by atoms with Gasteiger partial charge in [-0.05, 0) is 13.8 Å². The van der Waals surface area contributed by atoms with Gasteiger partial charge in [-0.15, -0.1) is 0 Å². The maximum absolute atomic E-state index is 11.1. The SMILES string of the molecule is CCOC(=O)/C=C(/CC(=O)OCC)NC. The van der Waals surface area contributed by atoms with E-state index >= 15 is 0 Å². The molecular weight excluding hydrogens is 198 g/mol. The standard InChI is InChI=1S/C10H17NO4/c1-4-14-9(12)6-8(11-3)7-10(13)15-5-2/h6,11H,4-5,7H2,1-3H3/b8-6-. The number of hydrogen-bond donors (Lipinski definition) is 1. The van der Waals surface area contributed by atoms with E-state index in [0.29, 0.717) is 18.9 Å². The number of hydrogen-bond acceptors (Lipinski definition) is 5. The van der Waals surface area contributed by atoms with Crippen LogP contribution in [-0.4, -0.2) is 32.2 Å². The van der Waals surface area contributed by atoms with Crippen molar-refractivity contribution in [3.05, 3.63) is 11.8 Å². The second kappa shape index (κ2) is 7.84. The molecule has 0 aromatic carbocycles. The highest BCUT2D eigenvalue weighted by molar-refractivity contribution is 5.84. The van der Waals surface area contributed by atoms with Crippen LogP contribution in [-0.2, 0) is 19.1 Å². The first-order chi connectivity index (χ1) is 7.13. The fourth-order valence-corrected chi connectivity index (χ4v) is 0.905. The van der Waals surface area contributed by atoms with Gasteiger partial charge in [-0.2, -0.15) is 0 Å². The van der Waals surface area contributed by atoms with Crippen molar-refractivity contribution < 1.29 is 19.1 Å². The van der Waals surface area contributed by atoms with E-state index in [2.05, 4.69) is 5.32 Å². The maximum atomic E-state index is 11.1. The monoisotopic (exact) mass is 215 g/mol. The number of carbonyl (C=O) groups is 2. The van der Waals surface area contributed by atoms with Crippen molar-refractivity contribution in [1.82, 2.24) is 5.32 Å². The molecule has 0 amide bonds. The lowest BCUT2D eigenvalue weighted by Gasteiger charge is -2.06. The Hall–Kier alpha value is -1.52. The van der Waals surface area contributed by atoms with Gasteiger partial charge in [-0.1, -0.05) is 0 Å². The zero-order valence-electron chi connectivity index (χ0n) is 9.33. The summed E-state index contributed by atoms with van der Waals surface area (Å²) in [7, 11) is 1.63. The van der Waals surface area contributed by atoms with E-state index in [9.17, 15) is 9.59 Å². The fraction of sp³-hybridized carbons (Fsp3) is 0.600. The largest absolute Gasteiger partial charge is 0.466 e. The molecule has 0 spiro atoms. The molecule has 0 bridgehead atoms. The summed E-state index contributed by atoms with van der Waals surface area (Å²) in [5.41, 5.74) is 0.479. The second-order valence-electron chi connectivity index (χ2n) is 2.65. The van der Waals surface area contributed by atoms with E-state index in [1.54, 1.807) is 20.9 Å². The Bertz CT molecular complexity index is 248. The van der Waals surface area contributed by atoms with Crippen molar-refractivity contribution in [2.24, 2.45) is 0 Å². The van der Waals surface area contributed by atoms with Crippen molar-refractivity contribution in [1.29, 1.82) is 0 Å². The first-order valence-corrected chi connectivity index (χ1v) is 4.84.